The molecule has 0 aliphatic carbocycles. The van der Waals surface area contributed by atoms with Crippen LogP contribution >= 0.6 is 0 Å². The van der Waals surface area contributed by atoms with Crippen molar-refractivity contribution in [2.45, 2.75) is 13.8 Å². The summed E-state index contributed by atoms with van der Waals surface area (Å²) in [5, 5.41) is 8.60. The van der Waals surface area contributed by atoms with E-state index >= 15 is 0 Å². The highest BCUT2D eigenvalue weighted by molar-refractivity contribution is 5.92. The van der Waals surface area contributed by atoms with E-state index in [2.05, 4.69) is 0 Å². The van der Waals surface area contributed by atoms with E-state index < -0.39 is 5.97 Å². The molecule has 0 aromatic heterocycles. The van der Waals surface area contributed by atoms with Crippen LogP contribution in [0.2, 0.25) is 0 Å². The number of carbonyl (C=O) groups is 1. The van der Waals surface area contributed by atoms with Crippen LogP contribution in [0.25, 0.3) is 0 Å². The summed E-state index contributed by atoms with van der Waals surface area (Å²) in [6.07, 6.45) is 1.10. The van der Waals surface area contributed by atoms with E-state index in [1.54, 1.807) is 13.0 Å². The minimum atomic E-state index is -0.689. The molecule has 0 amide bonds. The van der Waals surface area contributed by atoms with Gasteiger partial charge >= 0.3 is 5.97 Å². The quantitative estimate of drug-likeness (QED) is 0.207. The van der Waals surface area contributed by atoms with E-state index in [-0.39, 0.29) is 12.2 Å². The Labute approximate surface area is 89.2 Å². The molecule has 0 N–H and O–H groups in total. The van der Waals surface area contributed by atoms with Gasteiger partial charge in [0.25, 0.3) is 0 Å². The number of ether oxygens (including phenoxy) is 3. The van der Waals surface area contributed by atoms with Crippen LogP contribution in [0.3, 0.4) is 0 Å². The minimum Gasteiger partial charge on any atom is -0.500 e. The number of esters is 1. The number of hydrogen-bond donors (Lipinski definition) is 0. The third kappa shape index (κ3) is 6.52. The van der Waals surface area contributed by atoms with Crippen molar-refractivity contribution in [1.29, 1.82) is 5.26 Å². The molecule has 15 heavy (non-hydrogen) atoms. The largest absolute Gasteiger partial charge is 0.500 e. The van der Waals surface area contributed by atoms with E-state index in [9.17, 15) is 4.79 Å². The van der Waals surface area contributed by atoms with Gasteiger partial charge < -0.3 is 14.2 Å². The molecule has 0 radical (unpaired) electrons. The minimum absolute atomic E-state index is 0.137. The summed E-state index contributed by atoms with van der Waals surface area (Å²) in [5.74, 6) is -0.689. The lowest BCUT2D eigenvalue weighted by atomic mass is 10.3. The van der Waals surface area contributed by atoms with Crippen molar-refractivity contribution in [3.8, 4) is 6.07 Å². The Kier molecular flexibility index (Phi) is 8.10. The summed E-state index contributed by atoms with van der Waals surface area (Å²) in [7, 11) is 0. The molecular formula is C10H15NO4. The van der Waals surface area contributed by atoms with Gasteiger partial charge in [0.15, 0.2) is 5.57 Å². The predicted octanol–water partition coefficient (Wildman–Crippen LogP) is 1.01. The van der Waals surface area contributed by atoms with Crippen LogP contribution in [0.5, 0.6) is 0 Å². The molecular weight excluding hydrogens is 198 g/mol. The molecule has 5 nitrogen and oxygen atoms in total. The van der Waals surface area contributed by atoms with Gasteiger partial charge in [-0.3, -0.25) is 0 Å². The summed E-state index contributed by atoms with van der Waals surface area (Å²) in [6, 6.07) is 1.70. The number of carbonyl (C=O) groups excluding carboxylic acids is 1. The van der Waals surface area contributed by atoms with Crippen molar-refractivity contribution in [3.05, 3.63) is 11.8 Å². The lowest BCUT2D eigenvalue weighted by Crippen LogP contribution is -2.12. The van der Waals surface area contributed by atoms with E-state index in [1.807, 2.05) is 6.92 Å². The fourth-order valence-corrected chi connectivity index (χ4v) is 0.702. The highest BCUT2D eigenvalue weighted by atomic mass is 16.6. The van der Waals surface area contributed by atoms with E-state index in [0.717, 1.165) is 6.26 Å². The van der Waals surface area contributed by atoms with Crippen LogP contribution in [-0.4, -0.2) is 32.4 Å². The van der Waals surface area contributed by atoms with Crippen molar-refractivity contribution in [2.75, 3.05) is 26.4 Å². The molecule has 84 valence electrons. The monoisotopic (exact) mass is 213 g/mol. The summed E-state index contributed by atoms with van der Waals surface area (Å²) in [5.41, 5.74) is -0.145. The Morgan fingerprint density at radius 1 is 1.33 bits per heavy atom. The first kappa shape index (κ1) is 13.5. The zero-order valence-electron chi connectivity index (χ0n) is 8.99. The zero-order chi connectivity index (χ0) is 11.5. The molecule has 0 unspecified atom stereocenters. The molecule has 0 fully saturated rings. The average Bonchev–Trinajstić information content (AvgIpc) is 2.25. The lowest BCUT2D eigenvalue weighted by molar-refractivity contribution is -0.140. The second kappa shape index (κ2) is 9.03. The normalized spacial score (nSPS) is 10.6. The van der Waals surface area contributed by atoms with Crippen molar-refractivity contribution in [1.82, 2.24) is 0 Å². The molecule has 0 saturated carbocycles. The Hall–Kier alpha value is -1.54. The lowest BCUT2D eigenvalue weighted by Gasteiger charge is -2.03. The molecule has 0 atom stereocenters. The number of nitriles is 1. The predicted molar refractivity (Wildman–Crippen MR) is 52.8 cm³/mol. The summed E-state index contributed by atoms with van der Waals surface area (Å²) < 4.78 is 14.5. The topological polar surface area (TPSA) is 68.5 Å². The van der Waals surface area contributed by atoms with Gasteiger partial charge in [0.05, 0.1) is 13.2 Å². The number of rotatable bonds is 7. The molecule has 0 aliphatic rings. The van der Waals surface area contributed by atoms with Gasteiger partial charge in [0.2, 0.25) is 0 Å². The molecule has 0 saturated heterocycles. The van der Waals surface area contributed by atoms with Crippen LogP contribution in [0.1, 0.15) is 13.8 Å². The number of hydrogen-bond acceptors (Lipinski definition) is 5. The molecule has 0 aromatic rings. The Morgan fingerprint density at radius 3 is 2.60 bits per heavy atom. The highest BCUT2D eigenvalue weighted by Gasteiger charge is 2.10. The van der Waals surface area contributed by atoms with Crippen LogP contribution in [0.4, 0.5) is 0 Å². The fourth-order valence-electron chi connectivity index (χ4n) is 0.702. The smallest absolute Gasteiger partial charge is 0.352 e. The van der Waals surface area contributed by atoms with Gasteiger partial charge in [-0.25, -0.2) is 4.79 Å². The van der Waals surface area contributed by atoms with E-state index in [4.69, 9.17) is 19.5 Å². The molecule has 0 rings (SSSR count). The molecule has 0 aromatic carbocycles. The Morgan fingerprint density at radius 2 is 2.07 bits per heavy atom. The van der Waals surface area contributed by atoms with Crippen LogP contribution in [-0.2, 0) is 19.0 Å². The third-order valence-corrected chi connectivity index (χ3v) is 1.37. The van der Waals surface area contributed by atoms with E-state index in [0.29, 0.717) is 19.8 Å². The summed E-state index contributed by atoms with van der Waals surface area (Å²) in [6.45, 7) is 5.03. The molecule has 0 bridgehead atoms. The van der Waals surface area contributed by atoms with Gasteiger partial charge in [-0.1, -0.05) is 0 Å². The van der Waals surface area contributed by atoms with Gasteiger partial charge in [-0.05, 0) is 13.8 Å². The Balaban J connectivity index is 3.90. The molecule has 0 heterocycles. The standard InChI is InChI=1S/C10H15NO4/c1-3-13-5-6-15-10(12)9(7-11)8-14-4-2/h8H,3-6H2,1-2H3/b9-8+. The van der Waals surface area contributed by atoms with Crippen molar-refractivity contribution < 1.29 is 19.0 Å². The van der Waals surface area contributed by atoms with Gasteiger partial charge in [0, 0.05) is 6.61 Å². The SMILES string of the molecule is CCO/C=C(\C#N)C(=O)OCCOCC. The van der Waals surface area contributed by atoms with Gasteiger partial charge in [-0.15, -0.1) is 0 Å². The second-order valence-corrected chi connectivity index (χ2v) is 2.43. The maximum absolute atomic E-state index is 11.2. The number of nitrogens with zero attached hydrogens (tertiary/aromatic N) is 1. The average molecular weight is 213 g/mol. The third-order valence-electron chi connectivity index (χ3n) is 1.37. The van der Waals surface area contributed by atoms with Crippen molar-refractivity contribution in [3.63, 3.8) is 0 Å². The zero-order valence-corrected chi connectivity index (χ0v) is 8.99. The summed E-state index contributed by atoms with van der Waals surface area (Å²) in [4.78, 5) is 11.2. The van der Waals surface area contributed by atoms with Gasteiger partial charge in [-0.2, -0.15) is 5.26 Å². The molecule has 0 spiro atoms. The van der Waals surface area contributed by atoms with E-state index in [1.165, 1.54) is 0 Å². The first-order chi connectivity index (χ1) is 7.26. The first-order valence-electron chi connectivity index (χ1n) is 4.73. The van der Waals surface area contributed by atoms with Gasteiger partial charge in [0.1, 0.15) is 18.9 Å². The highest BCUT2D eigenvalue weighted by Crippen LogP contribution is 1.97. The summed E-state index contributed by atoms with van der Waals surface area (Å²) >= 11 is 0. The second-order valence-electron chi connectivity index (χ2n) is 2.43. The van der Waals surface area contributed by atoms with Crippen LogP contribution in [0, 0.1) is 11.3 Å². The molecule has 0 aliphatic heterocycles. The van der Waals surface area contributed by atoms with Crippen molar-refractivity contribution in [2.24, 2.45) is 0 Å². The molecule has 5 heteroatoms. The van der Waals surface area contributed by atoms with Crippen LogP contribution in [0.15, 0.2) is 11.8 Å². The Bertz CT molecular complexity index is 255. The maximum Gasteiger partial charge on any atom is 0.352 e. The van der Waals surface area contributed by atoms with Crippen molar-refractivity contribution >= 4 is 5.97 Å². The maximum atomic E-state index is 11.2. The van der Waals surface area contributed by atoms with Crippen LogP contribution < -0.4 is 0 Å². The fraction of sp³-hybridized carbons (Fsp3) is 0.600. The first-order valence-corrected chi connectivity index (χ1v) is 4.73.